The summed E-state index contributed by atoms with van der Waals surface area (Å²) in [5.41, 5.74) is 1.79. The van der Waals surface area contributed by atoms with Crippen LogP contribution in [0.2, 0.25) is 5.02 Å². The zero-order chi connectivity index (χ0) is 27.2. The molecule has 0 aliphatic carbocycles. The van der Waals surface area contributed by atoms with Crippen LogP contribution in [0.1, 0.15) is 30.0 Å². The highest BCUT2D eigenvalue weighted by molar-refractivity contribution is 14.1. The van der Waals surface area contributed by atoms with Crippen LogP contribution < -0.4 is 15.4 Å². The lowest BCUT2D eigenvalue weighted by Gasteiger charge is -2.30. The van der Waals surface area contributed by atoms with Crippen molar-refractivity contribution in [3.8, 4) is 5.75 Å². The number of imide groups is 1. The first-order chi connectivity index (χ1) is 18.3. The number of carbonyl (C=O) groups is 3. The number of rotatable bonds is 10. The van der Waals surface area contributed by atoms with Crippen LogP contribution in [0, 0.1) is 3.57 Å². The normalized spacial score (nSPS) is 16.6. The minimum absolute atomic E-state index is 0.360. The van der Waals surface area contributed by atoms with E-state index in [1.807, 2.05) is 43.3 Å². The number of carbonyl (C=O) groups excluding carboxylic acids is 3. The fourth-order valence-electron chi connectivity index (χ4n) is 4.29. The average molecular weight is 648 g/mol. The van der Waals surface area contributed by atoms with Crippen molar-refractivity contribution in [2.45, 2.75) is 24.9 Å². The summed E-state index contributed by atoms with van der Waals surface area (Å²) < 4.78 is 11.5. The molecule has 1 aliphatic rings. The van der Waals surface area contributed by atoms with Gasteiger partial charge in [0.1, 0.15) is 24.4 Å². The highest BCUT2D eigenvalue weighted by atomic mass is 127. The fourth-order valence-corrected chi connectivity index (χ4v) is 5.19. The van der Waals surface area contributed by atoms with Gasteiger partial charge >= 0.3 is 6.03 Å². The van der Waals surface area contributed by atoms with E-state index in [4.69, 9.17) is 21.1 Å². The number of hydrogen-bond acceptors (Lipinski definition) is 5. The lowest BCUT2D eigenvalue weighted by Crippen LogP contribution is -2.50. The predicted molar refractivity (Wildman–Crippen MR) is 153 cm³/mol. The number of nitrogens with one attached hydrogen (secondary N) is 2. The first-order valence-electron chi connectivity index (χ1n) is 12.0. The number of amides is 4. The molecule has 3 aromatic carbocycles. The molecule has 1 saturated heterocycles. The molecule has 1 fully saturated rings. The van der Waals surface area contributed by atoms with Gasteiger partial charge in [0.05, 0.1) is 17.3 Å². The third-order valence-electron chi connectivity index (χ3n) is 6.28. The summed E-state index contributed by atoms with van der Waals surface area (Å²) in [6, 6.07) is 18.7. The molecular formula is C28H27ClIN3O5. The molecular weight excluding hydrogens is 621 g/mol. The second-order valence-corrected chi connectivity index (χ2v) is 10.4. The molecule has 0 saturated carbocycles. The highest BCUT2D eigenvalue weighted by Gasteiger charge is 2.47. The molecule has 0 spiro atoms. The van der Waals surface area contributed by atoms with Crippen molar-refractivity contribution in [3.05, 3.63) is 92.5 Å². The van der Waals surface area contributed by atoms with Gasteiger partial charge in [0, 0.05) is 16.6 Å². The Labute approximate surface area is 239 Å². The van der Waals surface area contributed by atoms with Crippen LogP contribution in [-0.2, 0) is 14.3 Å². The van der Waals surface area contributed by atoms with Gasteiger partial charge in [-0.3, -0.25) is 9.59 Å². The summed E-state index contributed by atoms with van der Waals surface area (Å²) in [5, 5.41) is 5.91. The molecule has 8 nitrogen and oxygen atoms in total. The van der Waals surface area contributed by atoms with E-state index >= 15 is 0 Å². The van der Waals surface area contributed by atoms with Crippen LogP contribution in [0.15, 0.2) is 72.8 Å². The molecule has 2 N–H and O–H groups in total. The van der Waals surface area contributed by atoms with Crippen molar-refractivity contribution in [3.63, 3.8) is 0 Å². The first kappa shape index (κ1) is 27.9. The number of anilines is 1. The third-order valence-corrected chi connectivity index (χ3v) is 7.26. The van der Waals surface area contributed by atoms with Gasteiger partial charge in [0.15, 0.2) is 0 Å². The minimum atomic E-state index is -1.12. The smallest absolute Gasteiger partial charge is 0.325 e. The van der Waals surface area contributed by atoms with E-state index in [1.165, 1.54) is 0 Å². The molecule has 0 radical (unpaired) electrons. The Bertz CT molecular complexity index is 1310. The summed E-state index contributed by atoms with van der Waals surface area (Å²) in [4.78, 5) is 41.5. The molecule has 3 atom stereocenters. The van der Waals surface area contributed by atoms with Gasteiger partial charge in [-0.15, -0.1) is 0 Å². The molecule has 10 heteroatoms. The molecule has 3 aromatic rings. The summed E-state index contributed by atoms with van der Waals surface area (Å²) in [6.45, 7) is 2.65. The quantitative estimate of drug-likeness (QED) is 0.175. The number of hydrogen-bond donors (Lipinski definition) is 2. The minimum Gasteiger partial charge on any atom is -0.491 e. The molecule has 1 aliphatic heterocycles. The van der Waals surface area contributed by atoms with Gasteiger partial charge in [-0.05, 0) is 64.0 Å². The van der Waals surface area contributed by atoms with E-state index in [1.54, 1.807) is 43.5 Å². The molecule has 4 amide bonds. The van der Waals surface area contributed by atoms with Crippen molar-refractivity contribution in [1.29, 1.82) is 0 Å². The zero-order valence-electron chi connectivity index (χ0n) is 20.8. The van der Waals surface area contributed by atoms with Crippen LogP contribution in [0.4, 0.5) is 10.5 Å². The van der Waals surface area contributed by atoms with E-state index in [0.717, 1.165) is 14.0 Å². The topological polar surface area (TPSA) is 97.0 Å². The van der Waals surface area contributed by atoms with Crippen LogP contribution in [0.3, 0.4) is 0 Å². The SMILES string of the molecule is COCCOc1ccc([C@H]2NC(=O)N(C(C(=O)Nc3ccc(I)cc3Cl)[C@@H](C)c3ccccc3)C2=O)cc1. The van der Waals surface area contributed by atoms with Gasteiger partial charge < -0.3 is 20.1 Å². The summed E-state index contributed by atoms with van der Waals surface area (Å²) in [6.07, 6.45) is 0. The third kappa shape index (κ3) is 6.28. The van der Waals surface area contributed by atoms with E-state index in [2.05, 4.69) is 33.2 Å². The second kappa shape index (κ2) is 12.6. The van der Waals surface area contributed by atoms with Gasteiger partial charge in [0.25, 0.3) is 5.91 Å². The Morgan fingerprint density at radius 3 is 2.45 bits per heavy atom. The molecule has 0 bridgehead atoms. The van der Waals surface area contributed by atoms with E-state index < -0.39 is 35.8 Å². The largest absolute Gasteiger partial charge is 0.491 e. The van der Waals surface area contributed by atoms with Crippen molar-refractivity contribution >= 4 is 57.7 Å². The second-order valence-electron chi connectivity index (χ2n) is 8.76. The fraction of sp³-hybridized carbons (Fsp3) is 0.250. The number of ether oxygens (including phenoxy) is 2. The standard InChI is InChI=1S/C28H27ClIN3O5/c1-17(18-6-4-3-5-7-18)25(26(34)31-23-13-10-20(30)16-22(23)29)33-27(35)24(32-28(33)36)19-8-11-21(12-9-19)38-15-14-37-2/h3-13,16-17,24-25H,14-15H2,1-2H3,(H,31,34)(H,32,36)/t17-,24+,25?/m0/s1. The highest BCUT2D eigenvalue weighted by Crippen LogP contribution is 2.32. The van der Waals surface area contributed by atoms with E-state index in [9.17, 15) is 14.4 Å². The van der Waals surface area contributed by atoms with E-state index in [0.29, 0.717) is 35.2 Å². The van der Waals surface area contributed by atoms with Crippen molar-refractivity contribution in [2.24, 2.45) is 0 Å². The molecule has 4 rings (SSSR count). The predicted octanol–water partition coefficient (Wildman–Crippen LogP) is 5.37. The van der Waals surface area contributed by atoms with Crippen molar-refractivity contribution < 1.29 is 23.9 Å². The summed E-state index contributed by atoms with van der Waals surface area (Å²) in [5.74, 6) is -0.914. The first-order valence-corrected chi connectivity index (χ1v) is 13.4. The van der Waals surface area contributed by atoms with Crippen LogP contribution in [0.25, 0.3) is 0 Å². The van der Waals surface area contributed by atoms with Crippen molar-refractivity contribution in [1.82, 2.24) is 10.2 Å². The van der Waals surface area contributed by atoms with Gasteiger partial charge in [-0.2, -0.15) is 0 Å². The molecule has 1 heterocycles. The Hall–Kier alpha value is -3.15. The van der Waals surface area contributed by atoms with Crippen molar-refractivity contribution in [2.75, 3.05) is 25.6 Å². The number of benzene rings is 3. The Morgan fingerprint density at radius 1 is 1.08 bits per heavy atom. The Balaban J connectivity index is 1.62. The molecule has 1 unspecified atom stereocenters. The Morgan fingerprint density at radius 2 is 1.79 bits per heavy atom. The van der Waals surface area contributed by atoms with E-state index in [-0.39, 0.29) is 0 Å². The number of nitrogens with zero attached hydrogens (tertiary/aromatic N) is 1. The summed E-state index contributed by atoms with van der Waals surface area (Å²) in [7, 11) is 1.59. The number of urea groups is 1. The average Bonchev–Trinajstić information content (AvgIpc) is 3.20. The Kier molecular flexibility index (Phi) is 9.24. The maximum Gasteiger partial charge on any atom is 0.325 e. The lowest BCUT2D eigenvalue weighted by atomic mass is 9.91. The molecule has 0 aromatic heterocycles. The van der Waals surface area contributed by atoms with Gasteiger partial charge in [0.2, 0.25) is 5.91 Å². The van der Waals surface area contributed by atoms with Crippen LogP contribution in [0.5, 0.6) is 5.75 Å². The summed E-state index contributed by atoms with van der Waals surface area (Å²) >= 11 is 8.48. The number of methoxy groups -OCH3 is 1. The lowest BCUT2D eigenvalue weighted by molar-refractivity contribution is -0.134. The van der Waals surface area contributed by atoms with Crippen LogP contribution in [-0.4, -0.2) is 49.1 Å². The van der Waals surface area contributed by atoms with Gasteiger partial charge in [-0.1, -0.05) is 61.0 Å². The molecule has 38 heavy (non-hydrogen) atoms. The zero-order valence-corrected chi connectivity index (χ0v) is 23.7. The maximum absolute atomic E-state index is 13.7. The van der Waals surface area contributed by atoms with Gasteiger partial charge in [-0.25, -0.2) is 9.69 Å². The molecule has 198 valence electrons. The monoisotopic (exact) mass is 647 g/mol. The number of halogens is 2. The van der Waals surface area contributed by atoms with Crippen LogP contribution >= 0.6 is 34.2 Å². The maximum atomic E-state index is 13.7.